The first-order valence-electron chi connectivity index (χ1n) is 4.88. The van der Waals surface area contributed by atoms with Crippen molar-refractivity contribution in [1.29, 1.82) is 0 Å². The summed E-state index contributed by atoms with van der Waals surface area (Å²) in [4.78, 5) is 3.91. The molecule has 0 aliphatic rings. The fourth-order valence-electron chi connectivity index (χ4n) is 1.47. The molecular formula is C11H13N3S. The molecule has 3 nitrogen and oxygen atoms in total. The number of rotatable bonds is 3. The largest absolute Gasteiger partial charge is 0.223 e. The van der Waals surface area contributed by atoms with E-state index in [1.54, 1.807) is 11.0 Å². The van der Waals surface area contributed by atoms with Gasteiger partial charge in [0.1, 0.15) is 12.7 Å². The molecule has 0 spiro atoms. The van der Waals surface area contributed by atoms with Gasteiger partial charge in [-0.15, -0.1) is 0 Å². The van der Waals surface area contributed by atoms with Crippen LogP contribution in [0, 0.1) is 0 Å². The van der Waals surface area contributed by atoms with E-state index in [1.165, 1.54) is 11.9 Å². The molecule has 0 amide bonds. The lowest BCUT2D eigenvalue weighted by Gasteiger charge is -2.05. The Hall–Kier alpha value is -1.29. The molecule has 1 aromatic carbocycles. The smallest absolute Gasteiger partial charge is 0.138 e. The number of nitrogens with zero attached hydrogens (tertiary/aromatic N) is 3. The fraction of sp³-hybridized carbons (Fsp3) is 0.273. The van der Waals surface area contributed by atoms with Crippen LogP contribution in [0.4, 0.5) is 0 Å². The number of hydrogen-bond donors (Lipinski definition) is 1. The molecule has 0 aliphatic heterocycles. The van der Waals surface area contributed by atoms with E-state index in [2.05, 4.69) is 41.8 Å². The molecule has 2 rings (SSSR count). The third-order valence-corrected chi connectivity index (χ3v) is 2.33. The summed E-state index contributed by atoms with van der Waals surface area (Å²) in [5.74, 6) is 0. The number of hydrogen-bond acceptors (Lipinski definition) is 3. The van der Waals surface area contributed by atoms with Crippen molar-refractivity contribution in [3.8, 4) is 5.69 Å². The Morgan fingerprint density at radius 1 is 1.33 bits per heavy atom. The molecule has 4 heteroatoms. The van der Waals surface area contributed by atoms with E-state index in [9.17, 15) is 0 Å². The van der Waals surface area contributed by atoms with Gasteiger partial charge < -0.3 is 0 Å². The van der Waals surface area contributed by atoms with E-state index < -0.39 is 0 Å². The van der Waals surface area contributed by atoms with Crippen molar-refractivity contribution >= 4 is 12.6 Å². The quantitative estimate of drug-likeness (QED) is 0.802. The predicted octanol–water partition coefficient (Wildman–Crippen LogP) is 2.13. The molecule has 1 unspecified atom stereocenters. The highest BCUT2D eigenvalue weighted by atomic mass is 32.1. The van der Waals surface area contributed by atoms with Crippen molar-refractivity contribution in [2.75, 3.05) is 0 Å². The Balaban J connectivity index is 2.17. The van der Waals surface area contributed by atoms with Gasteiger partial charge in [0.05, 0.1) is 5.69 Å². The zero-order chi connectivity index (χ0) is 10.7. The van der Waals surface area contributed by atoms with Crippen LogP contribution in [0.5, 0.6) is 0 Å². The summed E-state index contributed by atoms with van der Waals surface area (Å²) in [7, 11) is 0. The summed E-state index contributed by atoms with van der Waals surface area (Å²) in [6.07, 6.45) is 4.21. The number of benzene rings is 1. The summed E-state index contributed by atoms with van der Waals surface area (Å²) in [5, 5.41) is 4.46. The van der Waals surface area contributed by atoms with Crippen LogP contribution in [0.25, 0.3) is 5.69 Å². The van der Waals surface area contributed by atoms with E-state index in [0.717, 1.165) is 12.1 Å². The summed E-state index contributed by atoms with van der Waals surface area (Å²) in [6.45, 7) is 2.09. The van der Waals surface area contributed by atoms with Gasteiger partial charge in [0, 0.05) is 5.25 Å². The van der Waals surface area contributed by atoms with Gasteiger partial charge in [0.15, 0.2) is 0 Å². The third-order valence-electron chi connectivity index (χ3n) is 2.15. The number of aromatic nitrogens is 3. The van der Waals surface area contributed by atoms with Crippen LogP contribution in [0.2, 0.25) is 0 Å². The standard InChI is InChI=1S/C11H13N3S/c1-9(15)6-10-2-4-11(5-3-10)14-8-12-7-13-14/h2-5,7-9,15H,6H2,1H3. The lowest BCUT2D eigenvalue weighted by Crippen LogP contribution is -1.98. The zero-order valence-electron chi connectivity index (χ0n) is 8.54. The van der Waals surface area contributed by atoms with Crippen molar-refractivity contribution in [1.82, 2.24) is 14.8 Å². The normalized spacial score (nSPS) is 12.7. The second-order valence-electron chi connectivity index (χ2n) is 3.56. The molecule has 0 aliphatic carbocycles. The van der Waals surface area contributed by atoms with Crippen molar-refractivity contribution in [3.05, 3.63) is 42.5 Å². The van der Waals surface area contributed by atoms with Crippen LogP contribution >= 0.6 is 12.6 Å². The maximum Gasteiger partial charge on any atom is 0.138 e. The lowest BCUT2D eigenvalue weighted by molar-refractivity contribution is 0.875. The predicted molar refractivity (Wildman–Crippen MR) is 63.5 cm³/mol. The Morgan fingerprint density at radius 2 is 2.07 bits per heavy atom. The maximum absolute atomic E-state index is 4.37. The SMILES string of the molecule is CC(S)Cc1ccc(-n2cncn2)cc1. The molecule has 78 valence electrons. The van der Waals surface area contributed by atoms with E-state index in [1.807, 2.05) is 12.1 Å². The average Bonchev–Trinajstić information content (AvgIpc) is 2.71. The van der Waals surface area contributed by atoms with Crippen LogP contribution in [-0.4, -0.2) is 20.0 Å². The minimum atomic E-state index is 0.391. The van der Waals surface area contributed by atoms with E-state index in [-0.39, 0.29) is 0 Å². The topological polar surface area (TPSA) is 30.7 Å². The summed E-state index contributed by atoms with van der Waals surface area (Å²) in [5.41, 5.74) is 2.32. The van der Waals surface area contributed by atoms with Crippen LogP contribution in [0.1, 0.15) is 12.5 Å². The molecule has 0 bridgehead atoms. The maximum atomic E-state index is 4.37. The summed E-state index contributed by atoms with van der Waals surface area (Å²) in [6, 6.07) is 8.29. The van der Waals surface area contributed by atoms with E-state index in [0.29, 0.717) is 5.25 Å². The Labute approximate surface area is 94.6 Å². The van der Waals surface area contributed by atoms with Gasteiger partial charge in [0.2, 0.25) is 0 Å². The Kier molecular flexibility index (Phi) is 3.06. The molecule has 0 N–H and O–H groups in total. The fourth-order valence-corrected chi connectivity index (χ4v) is 1.68. The third kappa shape index (κ3) is 2.59. The van der Waals surface area contributed by atoms with Crippen molar-refractivity contribution in [2.45, 2.75) is 18.6 Å². The van der Waals surface area contributed by atoms with Gasteiger partial charge in [0.25, 0.3) is 0 Å². The van der Waals surface area contributed by atoms with Crippen molar-refractivity contribution in [2.24, 2.45) is 0 Å². The molecule has 0 fully saturated rings. The van der Waals surface area contributed by atoms with Crippen LogP contribution in [0.3, 0.4) is 0 Å². The zero-order valence-corrected chi connectivity index (χ0v) is 9.43. The van der Waals surface area contributed by atoms with Gasteiger partial charge in [-0.2, -0.15) is 17.7 Å². The molecule has 0 saturated carbocycles. The molecule has 0 saturated heterocycles. The van der Waals surface area contributed by atoms with Crippen molar-refractivity contribution in [3.63, 3.8) is 0 Å². The second kappa shape index (κ2) is 4.49. The molecular weight excluding hydrogens is 206 g/mol. The van der Waals surface area contributed by atoms with E-state index in [4.69, 9.17) is 0 Å². The van der Waals surface area contributed by atoms with Crippen LogP contribution < -0.4 is 0 Å². The molecule has 1 atom stereocenters. The molecule has 2 aromatic rings. The molecule has 0 radical (unpaired) electrons. The molecule has 15 heavy (non-hydrogen) atoms. The van der Waals surface area contributed by atoms with Gasteiger partial charge in [-0.05, 0) is 24.1 Å². The lowest BCUT2D eigenvalue weighted by atomic mass is 10.1. The van der Waals surface area contributed by atoms with Crippen LogP contribution in [0.15, 0.2) is 36.9 Å². The van der Waals surface area contributed by atoms with Crippen LogP contribution in [-0.2, 0) is 6.42 Å². The van der Waals surface area contributed by atoms with Gasteiger partial charge in [-0.25, -0.2) is 9.67 Å². The minimum Gasteiger partial charge on any atom is -0.223 e. The highest BCUT2D eigenvalue weighted by Crippen LogP contribution is 2.11. The minimum absolute atomic E-state index is 0.391. The summed E-state index contributed by atoms with van der Waals surface area (Å²) >= 11 is 4.37. The van der Waals surface area contributed by atoms with Crippen molar-refractivity contribution < 1.29 is 0 Å². The van der Waals surface area contributed by atoms with Gasteiger partial charge in [-0.1, -0.05) is 19.1 Å². The van der Waals surface area contributed by atoms with Gasteiger partial charge in [-0.3, -0.25) is 0 Å². The Bertz CT molecular complexity index is 406. The Morgan fingerprint density at radius 3 is 2.60 bits per heavy atom. The first kappa shape index (κ1) is 10.2. The number of thiol groups is 1. The summed E-state index contributed by atoms with van der Waals surface area (Å²) < 4.78 is 1.74. The second-order valence-corrected chi connectivity index (χ2v) is 4.44. The highest BCUT2D eigenvalue weighted by molar-refractivity contribution is 7.80. The molecule has 1 aromatic heterocycles. The van der Waals surface area contributed by atoms with Gasteiger partial charge >= 0.3 is 0 Å². The molecule has 1 heterocycles. The first-order valence-corrected chi connectivity index (χ1v) is 5.39. The average molecular weight is 219 g/mol. The highest BCUT2D eigenvalue weighted by Gasteiger charge is 1.99. The first-order chi connectivity index (χ1) is 7.25. The monoisotopic (exact) mass is 219 g/mol. The van der Waals surface area contributed by atoms with E-state index >= 15 is 0 Å².